The smallest absolute Gasteiger partial charge is 2.00 e. The van der Waals surface area contributed by atoms with Crippen molar-refractivity contribution >= 4 is 128 Å². The molecular weight excluding hydrogens is 1240 g/mol. The Morgan fingerprint density at radius 1 is 0.612 bits per heavy atom. The first-order valence-electron chi connectivity index (χ1n) is 18.9. The van der Waals surface area contributed by atoms with Crippen molar-refractivity contribution in [1.29, 1.82) is 0 Å². The molecule has 0 unspecified atom stereocenters. The van der Waals surface area contributed by atoms with E-state index in [1.165, 1.54) is 49.2 Å². The Labute approximate surface area is 469 Å². The summed E-state index contributed by atoms with van der Waals surface area (Å²) in [5.41, 5.74) is 0. The monoisotopic (exact) mass is 1290 g/mol. The van der Waals surface area contributed by atoms with E-state index in [2.05, 4.69) is 45.0 Å². The van der Waals surface area contributed by atoms with E-state index in [-0.39, 0.29) is 104 Å². The van der Waals surface area contributed by atoms with Gasteiger partial charge < -0.3 is 41.5 Å². The van der Waals surface area contributed by atoms with Gasteiger partial charge in [-0.05, 0) is 110 Å². The van der Waals surface area contributed by atoms with Gasteiger partial charge in [0.25, 0.3) is 0 Å². The summed E-state index contributed by atoms with van der Waals surface area (Å²) in [6, 6.07) is 50.3. The zero-order valence-corrected chi connectivity index (χ0v) is 46.0. The van der Waals surface area contributed by atoms with Crippen LogP contribution >= 0.6 is 50.2 Å². The third kappa shape index (κ3) is 34.6. The van der Waals surface area contributed by atoms with Gasteiger partial charge in [-0.25, -0.2) is 4.21 Å². The fourth-order valence-corrected chi connectivity index (χ4v) is 8.10. The van der Waals surface area contributed by atoms with Gasteiger partial charge in [0.05, 0.1) is 27.0 Å². The van der Waals surface area contributed by atoms with Crippen LogP contribution in [0.4, 0.5) is 26.3 Å². The number of hydrogen-bond acceptors (Lipinski definition) is 4. The molecule has 1 aliphatic heterocycles. The third-order valence-electron chi connectivity index (χ3n) is 7.04. The van der Waals surface area contributed by atoms with Crippen LogP contribution in [0.2, 0.25) is 19.6 Å². The number of rotatable bonds is 7. The maximum Gasteiger partial charge on any atom is 2.00 e. The molecule has 1 fully saturated rings. The molecular formula is C47H56Br2Cl3F6InMgO4S2Si-2. The molecule has 4 nitrogen and oxygen atoms in total. The maximum absolute atomic E-state index is 12.3. The fourth-order valence-electron chi connectivity index (χ4n) is 4.67. The van der Waals surface area contributed by atoms with Gasteiger partial charge in [0.1, 0.15) is 18.9 Å². The summed E-state index contributed by atoms with van der Waals surface area (Å²) >= 11 is 18.3. The summed E-state index contributed by atoms with van der Waals surface area (Å²) in [5.74, 6) is -0.429. The van der Waals surface area contributed by atoms with Crippen molar-refractivity contribution in [3.05, 3.63) is 182 Å². The molecule has 1 saturated heterocycles. The Morgan fingerprint density at radius 2 is 0.881 bits per heavy atom. The number of hydrogen-bond donors (Lipinski definition) is 0. The van der Waals surface area contributed by atoms with Crippen molar-refractivity contribution in [3.8, 4) is 11.5 Å². The molecule has 0 spiro atoms. The van der Waals surface area contributed by atoms with E-state index in [4.69, 9.17) is 39.0 Å². The molecule has 368 valence electrons. The molecule has 0 amide bonds. The Bertz CT molecular complexity index is 2040. The van der Waals surface area contributed by atoms with E-state index in [1.807, 2.05) is 121 Å². The molecule has 1 aliphatic rings. The molecule has 1 heterocycles. The van der Waals surface area contributed by atoms with Crippen molar-refractivity contribution in [1.82, 2.24) is 0 Å². The minimum atomic E-state index is -4.68. The van der Waals surface area contributed by atoms with E-state index in [0.717, 1.165) is 37.7 Å². The van der Waals surface area contributed by atoms with Crippen LogP contribution in [0.1, 0.15) is 15.7 Å². The van der Waals surface area contributed by atoms with Crippen LogP contribution < -0.4 is 26.5 Å². The Kier molecular flexibility index (Phi) is 40.0. The van der Waals surface area contributed by atoms with E-state index >= 15 is 0 Å². The van der Waals surface area contributed by atoms with Crippen LogP contribution in [0.5, 0.6) is 11.5 Å². The quantitative estimate of drug-likeness (QED) is 0.0399. The van der Waals surface area contributed by atoms with Crippen LogP contribution in [0.25, 0.3) is 0 Å². The van der Waals surface area contributed by atoms with Gasteiger partial charge in [-0.3, -0.25) is 0 Å². The van der Waals surface area contributed by atoms with Gasteiger partial charge in [0.2, 0.25) is 0 Å². The fraction of sp³-hybridized carbons (Fsp3) is 0.213. The molecule has 0 N–H and O–H groups in total. The van der Waals surface area contributed by atoms with Crippen LogP contribution in [-0.4, -0.2) is 91.8 Å². The van der Waals surface area contributed by atoms with Crippen LogP contribution in [-0.2, 0) is 26.4 Å². The molecule has 0 aliphatic carbocycles. The standard InChI is InChI=1S/C19H14F3OS.C12H10OS.C7H4BrF3O.C4H8O.C3H9ClSi.CH2Cl2.CH3.BrH.In.Mg.6H/c20-19(21,22)23-15-11-13-18(14-12-15)24(16-7-3-1-4-8-16)17-9-5-2-6-10-17;13-14(11-7-3-1-4-8-11)12-9-5-2-6-10-12;8-5-1-3-6(4-2-5)12-7(9,10)11;1-2-4-5-3-1;1-5(2,3)4;2-1-3;;;;;;;;;;/h1-14H;1-10H;1-4H;1-4H2;1-3H3;1H2;1H3;1H;;;;;;;;/q+1;;;;;;-1;;-1;+2;;;;;2*-1/p-1. The maximum atomic E-state index is 12.3. The van der Waals surface area contributed by atoms with Crippen LogP contribution in [0.15, 0.2) is 199 Å². The average molecular weight is 1300 g/mol. The summed E-state index contributed by atoms with van der Waals surface area (Å²) in [7, 11) is -2.57. The van der Waals surface area contributed by atoms with Crippen molar-refractivity contribution in [3.63, 3.8) is 0 Å². The first-order chi connectivity index (χ1) is 29.8. The second kappa shape index (κ2) is 38.3. The van der Waals surface area contributed by atoms with E-state index in [0.29, 0.717) is 4.47 Å². The summed E-state index contributed by atoms with van der Waals surface area (Å²) in [4.78, 5) is 4.83. The number of alkyl halides is 8. The summed E-state index contributed by atoms with van der Waals surface area (Å²) in [6.07, 6.45) is -6.74. The predicted molar refractivity (Wildman–Crippen MR) is 278 cm³/mol. The Morgan fingerprint density at radius 3 is 1.15 bits per heavy atom. The van der Waals surface area contributed by atoms with Crippen molar-refractivity contribution in [2.24, 2.45) is 0 Å². The largest absolute Gasteiger partial charge is 2.00 e. The van der Waals surface area contributed by atoms with Gasteiger partial charge >= 0.3 is 61.6 Å². The topological polar surface area (TPSA) is 44.8 Å². The zero-order chi connectivity index (χ0) is 46.7. The normalized spacial score (nSPS) is 11.3. The Balaban J connectivity index is -0.000000263. The number of ether oxygens (including phenoxy) is 3. The van der Waals surface area contributed by atoms with E-state index in [9.17, 15) is 30.6 Å². The van der Waals surface area contributed by atoms with Gasteiger partial charge in [-0.1, -0.05) is 108 Å². The number of halogens is 11. The minimum absolute atomic E-state index is 0. The second-order valence-corrected chi connectivity index (χ2v) is 26.1. The summed E-state index contributed by atoms with van der Waals surface area (Å²) < 4.78 is 96.9. The molecule has 6 aromatic rings. The van der Waals surface area contributed by atoms with Crippen molar-refractivity contribution < 1.29 is 64.6 Å². The molecule has 0 aromatic heterocycles. The summed E-state index contributed by atoms with van der Waals surface area (Å²) in [5, 5.41) is 0.194. The average Bonchev–Trinajstić information content (AvgIpc) is 3.84. The van der Waals surface area contributed by atoms with E-state index in [1.54, 1.807) is 12.1 Å². The predicted octanol–water partition coefficient (Wildman–Crippen LogP) is 12.0. The molecule has 20 heteroatoms. The van der Waals surface area contributed by atoms with Gasteiger partial charge in [0, 0.05) is 27.5 Å². The SMILES string of the molecule is C1CCOC1.C[Si](C)(C)Cl.ClCCl.FC(F)(F)Oc1ccc(Br)cc1.FC(F)(F)Oc1ccc([S+](c2ccccc2)c2ccccc2)cc1.O=S(c1ccccc1)c1ccccc1.[Br-].[CH3-].[H-].[H-].[InH4-].[Mg+2]. The zero-order valence-electron chi connectivity index (χ0n) is 38.5. The van der Waals surface area contributed by atoms with Gasteiger partial charge in [-0.2, -0.15) is 11.1 Å². The van der Waals surface area contributed by atoms with Crippen LogP contribution in [0.3, 0.4) is 0 Å². The number of benzene rings is 6. The first kappa shape index (κ1) is 69.9. The first-order valence-corrected chi connectivity index (χ1v) is 27.7. The molecule has 6 aromatic carbocycles. The molecule has 7 rings (SSSR count). The van der Waals surface area contributed by atoms with Crippen molar-refractivity contribution in [2.75, 3.05) is 18.6 Å². The van der Waals surface area contributed by atoms with Gasteiger partial charge in [-0.15, -0.1) is 49.5 Å². The minimum Gasteiger partial charge on any atom is 2.00 e. The molecule has 0 bridgehead atoms. The van der Waals surface area contributed by atoms with Gasteiger partial charge in [0.15, 0.2) is 14.7 Å². The molecule has 0 radical (unpaired) electrons. The second-order valence-electron chi connectivity index (χ2n) is 13.3. The molecule has 0 atom stereocenters. The van der Waals surface area contributed by atoms with E-state index < -0.39 is 30.9 Å². The van der Waals surface area contributed by atoms with Crippen molar-refractivity contribution in [2.45, 2.75) is 69.7 Å². The summed E-state index contributed by atoms with van der Waals surface area (Å²) in [6.45, 7) is 8.28. The van der Waals surface area contributed by atoms with Crippen LogP contribution in [0, 0.1) is 7.43 Å². The Hall–Kier alpha value is -1.36. The molecule has 67 heavy (non-hydrogen) atoms. The third-order valence-corrected chi connectivity index (χ3v) is 11.2. The molecule has 0 saturated carbocycles.